The highest BCUT2D eigenvalue weighted by atomic mass is 35.5. The minimum absolute atomic E-state index is 0.213. The molecule has 86 valence electrons. The van der Waals surface area contributed by atoms with Gasteiger partial charge in [0.15, 0.2) is 10.8 Å². The van der Waals surface area contributed by atoms with Gasteiger partial charge in [-0.1, -0.05) is 11.6 Å². The van der Waals surface area contributed by atoms with Crippen molar-refractivity contribution in [3.05, 3.63) is 23.4 Å². The molecule has 2 aromatic rings. The summed E-state index contributed by atoms with van der Waals surface area (Å²) >= 11 is 5.90. The molecule has 0 radical (unpaired) electrons. The first kappa shape index (κ1) is 11.3. The third-order valence-corrected chi connectivity index (χ3v) is 2.80. The van der Waals surface area contributed by atoms with Crippen molar-refractivity contribution in [2.24, 2.45) is 0 Å². The normalized spacial score (nSPS) is 13.2. The Morgan fingerprint density at radius 2 is 2.31 bits per heavy atom. The van der Waals surface area contributed by atoms with Crippen LogP contribution in [0.25, 0.3) is 5.65 Å². The largest absolute Gasteiger partial charge is 0.382 e. The Morgan fingerprint density at radius 3 is 3.06 bits per heavy atom. The number of hydrogen-bond donors (Lipinski definition) is 0. The van der Waals surface area contributed by atoms with Gasteiger partial charge in [-0.25, -0.2) is 4.98 Å². The van der Waals surface area contributed by atoms with Gasteiger partial charge >= 0.3 is 0 Å². The number of nitrogens with zero attached hydrogens (tertiary/aromatic N) is 4. The molecule has 0 aliphatic heterocycles. The summed E-state index contributed by atoms with van der Waals surface area (Å²) in [6, 6.07) is 0. The Morgan fingerprint density at radius 1 is 1.50 bits per heavy atom. The van der Waals surface area contributed by atoms with Crippen LogP contribution in [0.2, 0.25) is 5.15 Å². The van der Waals surface area contributed by atoms with Gasteiger partial charge in [0, 0.05) is 25.9 Å². The van der Waals surface area contributed by atoms with E-state index in [1.54, 1.807) is 13.3 Å². The van der Waals surface area contributed by atoms with Gasteiger partial charge in [-0.3, -0.25) is 4.40 Å². The van der Waals surface area contributed by atoms with Crippen LogP contribution in [0.1, 0.15) is 19.2 Å². The van der Waals surface area contributed by atoms with E-state index < -0.39 is 0 Å². The molecule has 1 atom stereocenters. The lowest BCUT2D eigenvalue weighted by molar-refractivity contribution is 0.111. The molecule has 0 saturated carbocycles. The Labute approximate surface area is 98.4 Å². The zero-order chi connectivity index (χ0) is 11.5. The van der Waals surface area contributed by atoms with Crippen LogP contribution in [0.5, 0.6) is 0 Å². The molecule has 0 fully saturated rings. The van der Waals surface area contributed by atoms with Gasteiger partial charge in [-0.05, 0) is 13.3 Å². The van der Waals surface area contributed by atoms with Gasteiger partial charge in [0.2, 0.25) is 0 Å². The Hall–Kier alpha value is -1.20. The van der Waals surface area contributed by atoms with E-state index in [9.17, 15) is 0 Å². The molecule has 2 aromatic heterocycles. The third-order valence-electron chi connectivity index (χ3n) is 2.53. The first-order valence-electron chi connectivity index (χ1n) is 5.09. The monoisotopic (exact) mass is 240 g/mol. The van der Waals surface area contributed by atoms with E-state index in [2.05, 4.69) is 15.2 Å². The van der Waals surface area contributed by atoms with Gasteiger partial charge in [0.1, 0.15) is 5.82 Å². The molecule has 16 heavy (non-hydrogen) atoms. The molecule has 0 bridgehead atoms. The number of aryl methyl sites for hydroxylation is 1. The predicted octanol–water partition coefficient (Wildman–Crippen LogP) is 1.75. The maximum atomic E-state index is 5.90. The van der Waals surface area contributed by atoms with Crippen molar-refractivity contribution >= 4 is 17.2 Å². The summed E-state index contributed by atoms with van der Waals surface area (Å²) in [5.74, 6) is 0.878. The first-order valence-corrected chi connectivity index (χ1v) is 5.47. The predicted molar refractivity (Wildman–Crippen MR) is 60.6 cm³/mol. The molecule has 0 spiro atoms. The van der Waals surface area contributed by atoms with Crippen LogP contribution in [0.15, 0.2) is 12.4 Å². The first-order chi connectivity index (χ1) is 7.72. The maximum Gasteiger partial charge on any atom is 0.198 e. The topological polar surface area (TPSA) is 52.3 Å². The highest BCUT2D eigenvalue weighted by Crippen LogP contribution is 2.13. The molecular formula is C10H13ClN4O. The van der Waals surface area contributed by atoms with E-state index in [1.165, 1.54) is 0 Å². The molecule has 2 heterocycles. The van der Waals surface area contributed by atoms with E-state index in [0.29, 0.717) is 10.8 Å². The molecule has 2 rings (SSSR count). The molecule has 0 aliphatic rings. The minimum atomic E-state index is 0.213. The van der Waals surface area contributed by atoms with Gasteiger partial charge < -0.3 is 4.74 Å². The lowest BCUT2D eigenvalue weighted by Crippen LogP contribution is -2.07. The molecule has 6 heteroatoms. The van der Waals surface area contributed by atoms with Crippen LogP contribution in [-0.2, 0) is 11.2 Å². The fraction of sp³-hybridized carbons (Fsp3) is 0.500. The summed E-state index contributed by atoms with van der Waals surface area (Å²) < 4.78 is 7.05. The SMILES string of the molecule is COC(C)CCc1nnc2c(Cl)nccn12. The molecular weight excluding hydrogens is 228 g/mol. The van der Waals surface area contributed by atoms with E-state index in [1.807, 2.05) is 17.5 Å². The molecule has 1 unspecified atom stereocenters. The summed E-state index contributed by atoms with van der Waals surface area (Å²) in [4.78, 5) is 3.95. The second-order valence-corrected chi connectivity index (χ2v) is 3.97. The van der Waals surface area contributed by atoms with Gasteiger partial charge in [0.05, 0.1) is 6.10 Å². The number of methoxy groups -OCH3 is 1. The maximum absolute atomic E-state index is 5.90. The van der Waals surface area contributed by atoms with Crippen molar-refractivity contribution < 1.29 is 4.74 Å². The lowest BCUT2D eigenvalue weighted by Gasteiger charge is -2.07. The zero-order valence-corrected chi connectivity index (χ0v) is 9.98. The average molecular weight is 241 g/mol. The van der Waals surface area contributed by atoms with Gasteiger partial charge in [-0.2, -0.15) is 0 Å². The molecule has 0 saturated heterocycles. The van der Waals surface area contributed by atoms with Gasteiger partial charge in [-0.15, -0.1) is 10.2 Å². The molecule has 0 aromatic carbocycles. The molecule has 0 N–H and O–H groups in total. The molecule has 5 nitrogen and oxygen atoms in total. The number of aromatic nitrogens is 4. The lowest BCUT2D eigenvalue weighted by atomic mass is 10.2. The van der Waals surface area contributed by atoms with Crippen LogP contribution in [0.3, 0.4) is 0 Å². The van der Waals surface area contributed by atoms with Crippen molar-refractivity contribution in [3.63, 3.8) is 0 Å². The fourth-order valence-electron chi connectivity index (χ4n) is 1.46. The quantitative estimate of drug-likeness (QED) is 0.817. The Kier molecular flexibility index (Phi) is 3.36. The van der Waals surface area contributed by atoms with Crippen molar-refractivity contribution in [1.29, 1.82) is 0 Å². The van der Waals surface area contributed by atoms with E-state index in [-0.39, 0.29) is 6.10 Å². The number of ether oxygens (including phenoxy) is 1. The Balaban J connectivity index is 2.22. The van der Waals surface area contributed by atoms with Crippen molar-refractivity contribution in [2.75, 3.05) is 7.11 Å². The van der Waals surface area contributed by atoms with E-state index in [4.69, 9.17) is 16.3 Å². The van der Waals surface area contributed by atoms with Crippen LogP contribution < -0.4 is 0 Å². The Bertz CT molecular complexity index is 485. The second kappa shape index (κ2) is 4.76. The van der Waals surface area contributed by atoms with Crippen LogP contribution in [0, 0.1) is 0 Å². The van der Waals surface area contributed by atoms with Gasteiger partial charge in [0.25, 0.3) is 0 Å². The summed E-state index contributed by atoms with van der Waals surface area (Å²) in [5.41, 5.74) is 0.601. The molecule has 0 aliphatic carbocycles. The molecule has 0 amide bonds. The van der Waals surface area contributed by atoms with Crippen molar-refractivity contribution in [2.45, 2.75) is 25.9 Å². The van der Waals surface area contributed by atoms with E-state index in [0.717, 1.165) is 18.7 Å². The zero-order valence-electron chi connectivity index (χ0n) is 9.22. The van der Waals surface area contributed by atoms with Crippen molar-refractivity contribution in [1.82, 2.24) is 19.6 Å². The summed E-state index contributed by atoms with van der Waals surface area (Å²) in [6.45, 7) is 2.03. The van der Waals surface area contributed by atoms with Crippen molar-refractivity contribution in [3.8, 4) is 0 Å². The third kappa shape index (κ3) is 2.15. The minimum Gasteiger partial charge on any atom is -0.382 e. The average Bonchev–Trinajstić information content (AvgIpc) is 2.70. The smallest absolute Gasteiger partial charge is 0.198 e. The summed E-state index contributed by atoms with van der Waals surface area (Å²) in [7, 11) is 1.70. The number of halogens is 1. The number of hydrogen-bond acceptors (Lipinski definition) is 4. The van der Waals surface area contributed by atoms with Crippen LogP contribution >= 0.6 is 11.6 Å². The summed E-state index contributed by atoms with van der Waals surface area (Å²) in [6.07, 6.45) is 5.37. The number of fused-ring (bicyclic) bond motifs is 1. The fourth-order valence-corrected chi connectivity index (χ4v) is 1.65. The van der Waals surface area contributed by atoms with Crippen LogP contribution in [-0.4, -0.2) is 32.8 Å². The number of rotatable bonds is 4. The second-order valence-electron chi connectivity index (χ2n) is 3.61. The van der Waals surface area contributed by atoms with E-state index >= 15 is 0 Å². The highest BCUT2D eigenvalue weighted by molar-refractivity contribution is 6.32. The highest BCUT2D eigenvalue weighted by Gasteiger charge is 2.09. The van der Waals surface area contributed by atoms with Crippen LogP contribution in [0.4, 0.5) is 0 Å². The summed E-state index contributed by atoms with van der Waals surface area (Å²) in [5, 5.41) is 8.47. The standard InChI is InChI=1S/C10H13ClN4O/c1-7(16-2)3-4-8-13-14-10-9(11)12-5-6-15(8)10/h5-7H,3-4H2,1-2H3.